The van der Waals surface area contributed by atoms with E-state index in [2.05, 4.69) is 10.3 Å². The van der Waals surface area contributed by atoms with Crippen molar-refractivity contribution in [2.75, 3.05) is 0 Å². The maximum absolute atomic E-state index is 12.4. The quantitative estimate of drug-likeness (QED) is 0.680. The molecule has 1 aromatic carbocycles. The normalized spacial score (nSPS) is 13.4. The van der Waals surface area contributed by atoms with Crippen LogP contribution in [0, 0.1) is 5.92 Å². The van der Waals surface area contributed by atoms with E-state index in [1.165, 1.54) is 0 Å². The Morgan fingerprint density at radius 2 is 1.96 bits per heavy atom. The van der Waals surface area contributed by atoms with Crippen molar-refractivity contribution in [3.63, 3.8) is 0 Å². The van der Waals surface area contributed by atoms with Gasteiger partial charge in [-0.15, -0.1) is 0 Å². The number of carbonyl (C=O) groups excluding carboxylic acids is 1. The first-order chi connectivity index (χ1) is 11.8. The number of carbonyl (C=O) groups is 2. The molecule has 0 aliphatic rings. The van der Waals surface area contributed by atoms with Gasteiger partial charge in [0.2, 0.25) is 5.91 Å². The van der Waals surface area contributed by atoms with E-state index in [0.29, 0.717) is 17.3 Å². The fourth-order valence-corrected chi connectivity index (χ4v) is 2.54. The van der Waals surface area contributed by atoms with Gasteiger partial charge in [-0.3, -0.25) is 14.2 Å². The fraction of sp³-hybridized carbons (Fsp3) is 0.412. The number of nitrogens with zero attached hydrogens (tertiary/aromatic N) is 1. The molecular formula is C17H21N3O5. The molecule has 0 aliphatic carbocycles. The van der Waals surface area contributed by atoms with E-state index in [0.717, 1.165) is 4.57 Å². The summed E-state index contributed by atoms with van der Waals surface area (Å²) in [4.78, 5) is 50.3. The molecular weight excluding hydrogens is 326 g/mol. The van der Waals surface area contributed by atoms with Crippen molar-refractivity contribution in [2.45, 2.75) is 39.3 Å². The minimum atomic E-state index is -1.11. The lowest BCUT2D eigenvalue weighted by Gasteiger charge is -2.20. The van der Waals surface area contributed by atoms with E-state index in [4.69, 9.17) is 0 Å². The average Bonchev–Trinajstić information content (AvgIpc) is 2.58. The molecule has 0 fully saturated rings. The van der Waals surface area contributed by atoms with E-state index in [-0.39, 0.29) is 18.9 Å². The second-order valence-corrected chi connectivity index (χ2v) is 5.95. The van der Waals surface area contributed by atoms with Crippen LogP contribution >= 0.6 is 0 Å². The molecule has 2 aromatic rings. The number of carboxylic acids is 1. The predicted octanol–water partition coefficient (Wildman–Crippen LogP) is 0.695. The Bertz CT molecular complexity index is 899. The number of hydrogen-bond donors (Lipinski definition) is 3. The zero-order chi connectivity index (χ0) is 18.6. The molecule has 2 rings (SSSR count). The monoisotopic (exact) mass is 347 g/mol. The van der Waals surface area contributed by atoms with Crippen LogP contribution in [0.15, 0.2) is 33.9 Å². The van der Waals surface area contributed by atoms with Gasteiger partial charge in [-0.05, 0) is 18.1 Å². The summed E-state index contributed by atoms with van der Waals surface area (Å²) in [6, 6.07) is 5.61. The maximum atomic E-state index is 12.4. The first-order valence-corrected chi connectivity index (χ1v) is 8.09. The van der Waals surface area contributed by atoms with Crippen LogP contribution in [-0.4, -0.2) is 32.6 Å². The standard InChI is InChI=1S/C17H21N3O5/c1-3-10(2)14(16(23)24)19-13(21)8-9-20-15(22)11-6-4-5-7-12(11)18-17(20)25/h4-7,10,14H,3,8-9H2,1-2H3,(H,18,25)(H,19,21)(H,23,24)/t10-,14-/m0/s1. The number of aromatic amines is 1. The summed E-state index contributed by atoms with van der Waals surface area (Å²) in [5.74, 6) is -1.86. The molecule has 0 radical (unpaired) electrons. The van der Waals surface area contributed by atoms with Gasteiger partial charge in [0, 0.05) is 13.0 Å². The van der Waals surface area contributed by atoms with Crippen LogP contribution < -0.4 is 16.6 Å². The lowest BCUT2D eigenvalue weighted by molar-refractivity contribution is -0.143. The molecule has 0 unspecified atom stereocenters. The van der Waals surface area contributed by atoms with Crippen molar-refractivity contribution < 1.29 is 14.7 Å². The van der Waals surface area contributed by atoms with Crippen molar-refractivity contribution in [1.82, 2.24) is 14.9 Å². The molecule has 0 saturated carbocycles. The summed E-state index contributed by atoms with van der Waals surface area (Å²) in [6.45, 7) is 3.44. The van der Waals surface area contributed by atoms with Crippen molar-refractivity contribution in [3.05, 3.63) is 45.1 Å². The second kappa shape index (κ2) is 7.78. The summed E-state index contributed by atoms with van der Waals surface area (Å²) >= 11 is 0. The van der Waals surface area contributed by atoms with Crippen LogP contribution in [0.1, 0.15) is 26.7 Å². The van der Waals surface area contributed by atoms with Gasteiger partial charge in [0.1, 0.15) is 6.04 Å². The van der Waals surface area contributed by atoms with Crippen molar-refractivity contribution in [3.8, 4) is 0 Å². The number of carboxylic acid groups (broad SMARTS) is 1. The number of amides is 1. The molecule has 1 aromatic heterocycles. The van der Waals surface area contributed by atoms with Crippen LogP contribution in [0.4, 0.5) is 0 Å². The van der Waals surface area contributed by atoms with Gasteiger partial charge >= 0.3 is 11.7 Å². The highest BCUT2D eigenvalue weighted by molar-refractivity contribution is 5.83. The van der Waals surface area contributed by atoms with Crippen LogP contribution in [0.3, 0.4) is 0 Å². The number of para-hydroxylation sites is 1. The highest BCUT2D eigenvalue weighted by atomic mass is 16.4. The molecule has 8 heteroatoms. The Labute approximate surface area is 143 Å². The summed E-state index contributed by atoms with van der Waals surface area (Å²) < 4.78 is 0.945. The smallest absolute Gasteiger partial charge is 0.328 e. The Kier molecular flexibility index (Phi) is 5.74. The summed E-state index contributed by atoms with van der Waals surface area (Å²) in [5, 5.41) is 12.0. The molecule has 8 nitrogen and oxygen atoms in total. The first kappa shape index (κ1) is 18.4. The predicted molar refractivity (Wildman–Crippen MR) is 92.5 cm³/mol. The van der Waals surface area contributed by atoms with Gasteiger partial charge in [-0.25, -0.2) is 9.59 Å². The number of aromatic nitrogens is 2. The Morgan fingerprint density at radius 3 is 2.60 bits per heavy atom. The third-order valence-electron chi connectivity index (χ3n) is 4.25. The van der Waals surface area contributed by atoms with Crippen LogP contribution in [0.25, 0.3) is 10.9 Å². The van der Waals surface area contributed by atoms with Gasteiger partial charge in [0.25, 0.3) is 5.56 Å². The summed E-state index contributed by atoms with van der Waals surface area (Å²) in [5.41, 5.74) is -0.655. The number of rotatable bonds is 7. The molecule has 0 aliphatic heterocycles. The number of benzene rings is 1. The van der Waals surface area contributed by atoms with Gasteiger partial charge in [0.15, 0.2) is 0 Å². The maximum Gasteiger partial charge on any atom is 0.328 e. The first-order valence-electron chi connectivity index (χ1n) is 8.09. The molecule has 0 saturated heterocycles. The molecule has 0 bridgehead atoms. The number of hydrogen-bond acceptors (Lipinski definition) is 4. The zero-order valence-corrected chi connectivity index (χ0v) is 14.1. The molecule has 1 heterocycles. The SMILES string of the molecule is CC[C@H](C)[C@H](NC(=O)CCn1c(=O)[nH]c2ccccc2c1=O)C(=O)O. The highest BCUT2D eigenvalue weighted by Gasteiger charge is 2.25. The van der Waals surface area contributed by atoms with Crippen molar-refractivity contribution >= 4 is 22.8 Å². The third-order valence-corrected chi connectivity index (χ3v) is 4.25. The van der Waals surface area contributed by atoms with E-state index < -0.39 is 29.2 Å². The molecule has 0 spiro atoms. The number of fused-ring (bicyclic) bond motifs is 1. The molecule has 134 valence electrons. The van der Waals surface area contributed by atoms with E-state index in [1.807, 2.05) is 6.92 Å². The molecule has 1 amide bonds. The Balaban J connectivity index is 2.15. The topological polar surface area (TPSA) is 121 Å². The number of aliphatic carboxylic acids is 1. The van der Waals surface area contributed by atoms with E-state index in [9.17, 15) is 24.3 Å². The Hall–Kier alpha value is -2.90. The van der Waals surface area contributed by atoms with Crippen LogP contribution in [0.5, 0.6) is 0 Å². The number of nitrogens with one attached hydrogen (secondary N) is 2. The zero-order valence-electron chi connectivity index (χ0n) is 14.1. The van der Waals surface area contributed by atoms with Crippen LogP contribution in [-0.2, 0) is 16.1 Å². The van der Waals surface area contributed by atoms with E-state index in [1.54, 1.807) is 31.2 Å². The van der Waals surface area contributed by atoms with Gasteiger partial charge in [-0.1, -0.05) is 32.4 Å². The molecule has 3 N–H and O–H groups in total. The minimum Gasteiger partial charge on any atom is -0.480 e. The lowest BCUT2D eigenvalue weighted by atomic mass is 9.99. The third kappa shape index (κ3) is 4.14. The largest absolute Gasteiger partial charge is 0.480 e. The fourth-order valence-electron chi connectivity index (χ4n) is 2.54. The van der Waals surface area contributed by atoms with Crippen LogP contribution in [0.2, 0.25) is 0 Å². The number of H-pyrrole nitrogens is 1. The Morgan fingerprint density at radius 1 is 1.28 bits per heavy atom. The molecule has 2 atom stereocenters. The molecule has 25 heavy (non-hydrogen) atoms. The van der Waals surface area contributed by atoms with Gasteiger partial charge in [0.05, 0.1) is 10.9 Å². The van der Waals surface area contributed by atoms with Gasteiger partial charge < -0.3 is 15.4 Å². The second-order valence-electron chi connectivity index (χ2n) is 5.95. The van der Waals surface area contributed by atoms with Crippen molar-refractivity contribution in [1.29, 1.82) is 0 Å². The van der Waals surface area contributed by atoms with Gasteiger partial charge in [-0.2, -0.15) is 0 Å². The summed E-state index contributed by atoms with van der Waals surface area (Å²) in [7, 11) is 0. The highest BCUT2D eigenvalue weighted by Crippen LogP contribution is 2.08. The van der Waals surface area contributed by atoms with E-state index >= 15 is 0 Å². The lowest BCUT2D eigenvalue weighted by Crippen LogP contribution is -2.45. The summed E-state index contributed by atoms with van der Waals surface area (Å²) in [6.07, 6.45) is 0.433. The average molecular weight is 347 g/mol. The minimum absolute atomic E-state index is 0.127. The van der Waals surface area contributed by atoms with Crippen molar-refractivity contribution in [2.24, 2.45) is 5.92 Å².